The van der Waals surface area contributed by atoms with Crippen LogP contribution in [0.25, 0.3) is 0 Å². The summed E-state index contributed by atoms with van der Waals surface area (Å²) in [5, 5.41) is 10.8. The zero-order valence-corrected chi connectivity index (χ0v) is 11.2. The van der Waals surface area contributed by atoms with Crippen LogP contribution in [0.4, 0.5) is 5.82 Å². The topological polar surface area (TPSA) is 87.3 Å². The smallest absolute Gasteiger partial charge is 0.366 e. The van der Waals surface area contributed by atoms with Crippen molar-refractivity contribution in [3.8, 4) is 0 Å². The lowest BCUT2D eigenvalue weighted by molar-refractivity contribution is -0.392. The number of halogens is 1. The summed E-state index contributed by atoms with van der Waals surface area (Å²) in [5.74, 6) is -0.525. The number of aromatic nitrogens is 2. The third-order valence-corrected chi connectivity index (χ3v) is 2.85. The molecule has 7 nitrogen and oxygen atoms in total. The fourth-order valence-corrected chi connectivity index (χ4v) is 1.99. The summed E-state index contributed by atoms with van der Waals surface area (Å²) < 4.78 is 4.71. The van der Waals surface area contributed by atoms with Gasteiger partial charge in [0.1, 0.15) is 6.20 Å². The van der Waals surface area contributed by atoms with Gasteiger partial charge in [-0.1, -0.05) is 0 Å². The molecule has 0 aliphatic rings. The normalized spacial score (nSPS) is 14.1. The van der Waals surface area contributed by atoms with Crippen LogP contribution in [-0.4, -0.2) is 27.1 Å². The predicted molar refractivity (Wildman–Crippen MR) is 62.8 cm³/mol. The maximum Gasteiger partial charge on any atom is 0.366 e. The Morgan fingerprint density at radius 1 is 1.76 bits per heavy atom. The van der Waals surface area contributed by atoms with E-state index in [4.69, 9.17) is 4.74 Å². The molecule has 0 spiro atoms. The number of nitro groups is 1. The van der Waals surface area contributed by atoms with Gasteiger partial charge in [-0.2, -0.15) is 4.57 Å². The van der Waals surface area contributed by atoms with Gasteiger partial charge in [0.05, 0.1) is 6.61 Å². The molecule has 94 valence electrons. The Balaban J connectivity index is 3.27. The van der Waals surface area contributed by atoms with E-state index in [0.717, 1.165) is 6.20 Å². The molecule has 0 N–H and O–H groups in total. The van der Waals surface area contributed by atoms with E-state index in [9.17, 15) is 14.9 Å². The summed E-state index contributed by atoms with van der Waals surface area (Å²) in [5.41, 5.74) is 0. The van der Waals surface area contributed by atoms with Crippen LogP contribution in [-0.2, 0) is 14.0 Å². The molecule has 1 unspecified atom stereocenters. The lowest BCUT2D eigenvalue weighted by atomic mass is 10.3. The molecule has 0 radical (unpaired) electrons. The first-order chi connectivity index (χ1) is 7.82. The van der Waals surface area contributed by atoms with E-state index < -0.39 is 15.3 Å². The Bertz CT molecular complexity index is 455. The third-order valence-electron chi connectivity index (χ3n) is 2.17. The van der Waals surface area contributed by atoms with E-state index in [1.165, 1.54) is 11.5 Å². The average molecular weight is 306 g/mol. The number of alkyl halides is 1. The molecular weight excluding hydrogens is 294 g/mol. The van der Waals surface area contributed by atoms with Crippen molar-refractivity contribution in [1.29, 1.82) is 0 Å². The first-order valence-electron chi connectivity index (χ1n) is 4.87. The largest absolute Gasteiger partial charge is 0.462 e. The summed E-state index contributed by atoms with van der Waals surface area (Å²) in [7, 11) is 0. The van der Waals surface area contributed by atoms with E-state index in [1.807, 2.05) is 0 Å². The Morgan fingerprint density at radius 2 is 2.35 bits per heavy atom. The number of esters is 1. The van der Waals surface area contributed by atoms with Crippen molar-refractivity contribution in [2.45, 2.75) is 25.2 Å². The highest BCUT2D eigenvalue weighted by Crippen LogP contribution is 2.32. The molecule has 0 fully saturated rings. The molecule has 1 atom stereocenters. The van der Waals surface area contributed by atoms with Crippen molar-refractivity contribution in [3.05, 3.63) is 22.1 Å². The van der Waals surface area contributed by atoms with Gasteiger partial charge in [-0.3, -0.25) is 0 Å². The van der Waals surface area contributed by atoms with Crippen LogP contribution in [0.3, 0.4) is 0 Å². The van der Waals surface area contributed by atoms with E-state index in [1.54, 1.807) is 13.8 Å². The fourth-order valence-electron chi connectivity index (χ4n) is 1.43. The van der Waals surface area contributed by atoms with Crippen molar-refractivity contribution in [1.82, 2.24) is 9.55 Å². The Labute approximate surface area is 106 Å². The lowest BCUT2D eigenvalue weighted by Crippen LogP contribution is -2.35. The van der Waals surface area contributed by atoms with E-state index >= 15 is 0 Å². The Morgan fingerprint density at radius 3 is 2.82 bits per heavy atom. The molecule has 0 saturated carbocycles. The summed E-state index contributed by atoms with van der Waals surface area (Å²) in [6, 6.07) is 0. The molecule has 0 amide bonds. The number of carbonyl (C=O) groups excluding carboxylic acids is 1. The van der Waals surface area contributed by atoms with Crippen LogP contribution in [0.15, 0.2) is 6.20 Å². The molecule has 1 aromatic rings. The number of nitrogens with zero attached hydrogens (tertiary/aromatic N) is 3. The molecule has 8 heteroatoms. The zero-order chi connectivity index (χ0) is 13.2. The molecule has 0 aromatic carbocycles. The molecule has 17 heavy (non-hydrogen) atoms. The van der Waals surface area contributed by atoms with Crippen molar-refractivity contribution < 1.29 is 14.5 Å². The molecule has 1 aromatic heterocycles. The summed E-state index contributed by atoms with van der Waals surface area (Å²) in [4.78, 5) is 25.8. The minimum Gasteiger partial charge on any atom is -0.462 e. The van der Waals surface area contributed by atoms with Gasteiger partial charge >= 0.3 is 11.8 Å². The molecule has 1 rings (SSSR count). The minimum absolute atomic E-state index is 0.196. The second-order valence-electron chi connectivity index (χ2n) is 3.43. The van der Waals surface area contributed by atoms with E-state index in [0.29, 0.717) is 5.82 Å². The second-order valence-corrected chi connectivity index (χ2v) is 4.97. The van der Waals surface area contributed by atoms with Crippen molar-refractivity contribution in [2.75, 3.05) is 6.61 Å². The standard InChI is InChI=1S/C9H12BrN3O4/c1-4-17-8(14)9(3,10)12-6(2)11-5-7(12)13(15)16/h5H,4H2,1-3H3. The summed E-state index contributed by atoms with van der Waals surface area (Å²) in [6.45, 7) is 4.91. The SMILES string of the molecule is CCOC(=O)C(C)(Br)n1c([N+](=O)[O-])cnc1C. The third kappa shape index (κ3) is 2.46. The van der Waals surface area contributed by atoms with Gasteiger partial charge in [0.15, 0.2) is 5.82 Å². The van der Waals surface area contributed by atoms with Gasteiger partial charge in [0.25, 0.3) is 4.45 Å². The molecular formula is C9H12BrN3O4. The van der Waals surface area contributed by atoms with Gasteiger partial charge in [0, 0.05) is 13.8 Å². The molecule has 0 aliphatic heterocycles. The van der Waals surface area contributed by atoms with Crippen LogP contribution < -0.4 is 0 Å². The predicted octanol–water partition coefficient (Wildman–Crippen LogP) is 1.73. The van der Waals surface area contributed by atoms with Gasteiger partial charge in [-0.25, -0.2) is 9.78 Å². The number of aryl methyl sites for hydroxylation is 1. The van der Waals surface area contributed by atoms with Crippen LogP contribution in [0, 0.1) is 17.0 Å². The van der Waals surface area contributed by atoms with Crippen LogP contribution >= 0.6 is 15.9 Å². The molecule has 1 heterocycles. The van der Waals surface area contributed by atoms with E-state index in [2.05, 4.69) is 20.9 Å². The van der Waals surface area contributed by atoms with Crippen LogP contribution in [0.1, 0.15) is 19.7 Å². The number of hydrogen-bond donors (Lipinski definition) is 0. The second kappa shape index (κ2) is 4.82. The number of hydrogen-bond acceptors (Lipinski definition) is 5. The summed E-state index contributed by atoms with van der Waals surface area (Å²) >= 11 is 3.15. The summed E-state index contributed by atoms with van der Waals surface area (Å²) in [6.07, 6.45) is 1.11. The molecule has 0 saturated heterocycles. The number of ether oxygens (including phenoxy) is 1. The van der Waals surface area contributed by atoms with Gasteiger partial charge in [-0.05, 0) is 27.8 Å². The van der Waals surface area contributed by atoms with Gasteiger partial charge in [-0.15, -0.1) is 0 Å². The maximum absolute atomic E-state index is 11.7. The van der Waals surface area contributed by atoms with Gasteiger partial charge < -0.3 is 14.9 Å². The number of imidazole rings is 1. The Hall–Kier alpha value is -1.44. The number of carbonyl (C=O) groups is 1. The van der Waals surface area contributed by atoms with Crippen molar-refractivity contribution in [2.24, 2.45) is 0 Å². The highest BCUT2D eigenvalue weighted by atomic mass is 79.9. The first-order valence-corrected chi connectivity index (χ1v) is 5.67. The number of rotatable bonds is 4. The lowest BCUT2D eigenvalue weighted by Gasteiger charge is -2.19. The van der Waals surface area contributed by atoms with E-state index in [-0.39, 0.29) is 12.4 Å². The Kier molecular flexibility index (Phi) is 3.87. The van der Waals surface area contributed by atoms with Gasteiger partial charge in [0.2, 0.25) is 0 Å². The van der Waals surface area contributed by atoms with Crippen molar-refractivity contribution >= 4 is 27.7 Å². The van der Waals surface area contributed by atoms with Crippen molar-refractivity contribution in [3.63, 3.8) is 0 Å². The fraction of sp³-hybridized carbons (Fsp3) is 0.556. The van der Waals surface area contributed by atoms with Crippen LogP contribution in [0.5, 0.6) is 0 Å². The molecule has 0 aliphatic carbocycles. The quantitative estimate of drug-likeness (QED) is 0.366. The maximum atomic E-state index is 11.7. The average Bonchev–Trinajstić information content (AvgIpc) is 2.61. The highest BCUT2D eigenvalue weighted by molar-refractivity contribution is 9.10. The molecule has 0 bridgehead atoms. The first kappa shape index (κ1) is 13.6. The zero-order valence-electron chi connectivity index (χ0n) is 9.64. The monoisotopic (exact) mass is 305 g/mol. The van der Waals surface area contributed by atoms with Crippen LogP contribution in [0.2, 0.25) is 0 Å². The minimum atomic E-state index is -1.34. The highest BCUT2D eigenvalue weighted by Gasteiger charge is 2.43.